The number of halogens is 2. The normalized spacial score (nSPS) is 23.5. The van der Waals surface area contributed by atoms with Crippen LogP contribution in [0.5, 0.6) is 0 Å². The molecule has 2 amide bonds. The zero-order valence-electron chi connectivity index (χ0n) is 13.4. The summed E-state index contributed by atoms with van der Waals surface area (Å²) in [5.41, 5.74) is 0.460. The van der Waals surface area contributed by atoms with E-state index >= 15 is 0 Å². The second-order valence-corrected chi connectivity index (χ2v) is 7.14. The number of hydrogen-bond acceptors (Lipinski definition) is 3. The molecule has 24 heavy (non-hydrogen) atoms. The van der Waals surface area contributed by atoms with Gasteiger partial charge in [-0.25, -0.2) is 0 Å². The van der Waals surface area contributed by atoms with Gasteiger partial charge in [-0.05, 0) is 50.4 Å². The number of nitrogens with one attached hydrogen (secondary N) is 2. The molecule has 1 aromatic carbocycles. The first kappa shape index (κ1) is 17.5. The van der Waals surface area contributed by atoms with Gasteiger partial charge in [-0.1, -0.05) is 23.2 Å². The monoisotopic (exact) mass is 369 g/mol. The van der Waals surface area contributed by atoms with Crippen LogP contribution in [0.15, 0.2) is 18.2 Å². The maximum Gasteiger partial charge on any atom is 0.254 e. The Hall–Kier alpha value is -1.30. The summed E-state index contributed by atoms with van der Waals surface area (Å²) in [7, 11) is 0. The highest BCUT2D eigenvalue weighted by Crippen LogP contribution is 2.26. The molecule has 130 valence electrons. The van der Waals surface area contributed by atoms with Crippen molar-refractivity contribution in [2.24, 2.45) is 0 Å². The van der Waals surface area contributed by atoms with Gasteiger partial charge < -0.3 is 15.5 Å². The van der Waals surface area contributed by atoms with Crippen LogP contribution < -0.4 is 10.6 Å². The molecule has 0 aliphatic carbocycles. The Morgan fingerprint density at radius 3 is 2.75 bits per heavy atom. The maximum atomic E-state index is 12.7. The molecule has 5 nitrogen and oxygen atoms in total. The summed E-state index contributed by atoms with van der Waals surface area (Å²) in [5.74, 6) is -0.250. The summed E-state index contributed by atoms with van der Waals surface area (Å²) in [5, 5.41) is 7.09. The molecule has 0 bridgehead atoms. The van der Waals surface area contributed by atoms with Gasteiger partial charge in [-0.2, -0.15) is 0 Å². The lowest BCUT2D eigenvalue weighted by Gasteiger charge is -2.25. The van der Waals surface area contributed by atoms with Crippen molar-refractivity contribution in [3.05, 3.63) is 33.8 Å². The third kappa shape index (κ3) is 3.85. The van der Waals surface area contributed by atoms with Crippen LogP contribution in [0.25, 0.3) is 0 Å². The molecule has 2 N–H and O–H groups in total. The Morgan fingerprint density at radius 1 is 1.21 bits per heavy atom. The summed E-state index contributed by atoms with van der Waals surface area (Å²) in [4.78, 5) is 26.8. The van der Waals surface area contributed by atoms with E-state index in [1.165, 1.54) is 0 Å². The van der Waals surface area contributed by atoms with Crippen LogP contribution in [0.1, 0.15) is 36.0 Å². The van der Waals surface area contributed by atoms with E-state index in [1.807, 2.05) is 0 Å². The molecular formula is C17H21Cl2N3O2. The van der Waals surface area contributed by atoms with Gasteiger partial charge in [0.1, 0.15) is 6.04 Å². The smallest absolute Gasteiger partial charge is 0.254 e. The Bertz CT molecular complexity index is 632. The van der Waals surface area contributed by atoms with E-state index in [1.54, 1.807) is 23.1 Å². The van der Waals surface area contributed by atoms with Crippen LogP contribution in [-0.4, -0.2) is 48.4 Å². The minimum Gasteiger partial charge on any atom is -0.353 e. The third-order valence-corrected chi connectivity index (χ3v) is 5.41. The summed E-state index contributed by atoms with van der Waals surface area (Å²) < 4.78 is 0. The van der Waals surface area contributed by atoms with Gasteiger partial charge in [0.15, 0.2) is 0 Å². The first-order valence-corrected chi connectivity index (χ1v) is 9.09. The first-order valence-electron chi connectivity index (χ1n) is 8.33. The van der Waals surface area contributed by atoms with Crippen molar-refractivity contribution in [3.63, 3.8) is 0 Å². The maximum absolute atomic E-state index is 12.7. The lowest BCUT2D eigenvalue weighted by molar-refractivity contribution is -0.124. The molecule has 2 atom stereocenters. The molecule has 1 aromatic rings. The van der Waals surface area contributed by atoms with Crippen molar-refractivity contribution in [1.29, 1.82) is 0 Å². The molecule has 2 heterocycles. The number of benzene rings is 1. The Morgan fingerprint density at radius 2 is 2.04 bits per heavy atom. The zero-order chi connectivity index (χ0) is 17.1. The number of likely N-dealkylation sites (tertiary alicyclic amines) is 1. The van der Waals surface area contributed by atoms with E-state index in [0.717, 1.165) is 25.8 Å². The molecule has 3 rings (SSSR count). The van der Waals surface area contributed by atoms with Crippen LogP contribution >= 0.6 is 23.2 Å². The fourth-order valence-electron chi connectivity index (χ4n) is 3.35. The average molecular weight is 370 g/mol. The lowest BCUT2D eigenvalue weighted by atomic mass is 10.1. The molecule has 0 aromatic heterocycles. The van der Waals surface area contributed by atoms with Crippen molar-refractivity contribution >= 4 is 35.0 Å². The van der Waals surface area contributed by atoms with Crippen molar-refractivity contribution < 1.29 is 9.59 Å². The van der Waals surface area contributed by atoms with Crippen LogP contribution in [0.4, 0.5) is 0 Å². The van der Waals surface area contributed by atoms with Crippen LogP contribution in [-0.2, 0) is 4.79 Å². The molecule has 2 aliphatic rings. The standard InChI is InChI=1S/C17H21Cl2N3O2/c18-13-6-5-11(9-14(13)19)17(24)22-8-2-4-15(22)16(23)21-10-12-3-1-7-20-12/h5-6,9,12,15,20H,1-4,7-8,10H2,(H,21,23). The van der Waals surface area contributed by atoms with E-state index < -0.39 is 6.04 Å². The second kappa shape index (κ2) is 7.72. The van der Waals surface area contributed by atoms with Crippen LogP contribution in [0.3, 0.4) is 0 Å². The second-order valence-electron chi connectivity index (χ2n) is 6.32. The third-order valence-electron chi connectivity index (χ3n) is 4.67. The molecule has 2 aliphatic heterocycles. The molecule has 0 radical (unpaired) electrons. The quantitative estimate of drug-likeness (QED) is 0.856. The number of nitrogens with zero attached hydrogens (tertiary/aromatic N) is 1. The number of hydrogen-bond donors (Lipinski definition) is 2. The Balaban J connectivity index is 1.64. The summed E-state index contributed by atoms with van der Waals surface area (Å²) in [6, 6.07) is 4.74. The number of carbonyl (C=O) groups is 2. The van der Waals surface area contributed by atoms with Gasteiger partial charge in [0.25, 0.3) is 5.91 Å². The van der Waals surface area contributed by atoms with Gasteiger partial charge in [-0.15, -0.1) is 0 Å². The predicted molar refractivity (Wildman–Crippen MR) is 94.6 cm³/mol. The number of carbonyl (C=O) groups excluding carboxylic acids is 2. The molecule has 0 spiro atoms. The number of rotatable bonds is 4. The fourth-order valence-corrected chi connectivity index (χ4v) is 3.65. The van der Waals surface area contributed by atoms with Crippen LogP contribution in [0.2, 0.25) is 10.0 Å². The van der Waals surface area contributed by atoms with E-state index in [0.29, 0.717) is 41.2 Å². The molecule has 2 saturated heterocycles. The molecule has 2 fully saturated rings. The highest BCUT2D eigenvalue weighted by atomic mass is 35.5. The van der Waals surface area contributed by atoms with Crippen molar-refractivity contribution in [2.45, 2.75) is 37.8 Å². The largest absolute Gasteiger partial charge is 0.353 e. The van der Waals surface area contributed by atoms with Crippen molar-refractivity contribution in [2.75, 3.05) is 19.6 Å². The predicted octanol–water partition coefficient (Wildman–Crippen LogP) is 2.47. The van der Waals surface area contributed by atoms with Gasteiger partial charge in [0, 0.05) is 24.7 Å². The molecular weight excluding hydrogens is 349 g/mol. The van der Waals surface area contributed by atoms with E-state index in [9.17, 15) is 9.59 Å². The number of amides is 2. The SMILES string of the molecule is O=C(NCC1CCCN1)C1CCCN1C(=O)c1ccc(Cl)c(Cl)c1. The van der Waals surface area contributed by atoms with E-state index in [4.69, 9.17) is 23.2 Å². The van der Waals surface area contributed by atoms with Gasteiger partial charge in [0.2, 0.25) is 5.91 Å². The summed E-state index contributed by atoms with van der Waals surface area (Å²) in [6.45, 7) is 2.20. The van der Waals surface area contributed by atoms with Gasteiger partial charge >= 0.3 is 0 Å². The average Bonchev–Trinajstić information content (AvgIpc) is 3.26. The minimum absolute atomic E-state index is 0.0744. The first-order chi connectivity index (χ1) is 11.6. The van der Waals surface area contributed by atoms with E-state index in [2.05, 4.69) is 10.6 Å². The summed E-state index contributed by atoms with van der Waals surface area (Å²) >= 11 is 11.9. The van der Waals surface area contributed by atoms with Gasteiger partial charge in [0.05, 0.1) is 10.0 Å². The highest BCUT2D eigenvalue weighted by molar-refractivity contribution is 6.42. The van der Waals surface area contributed by atoms with Crippen LogP contribution in [0, 0.1) is 0 Å². The molecule has 2 unspecified atom stereocenters. The van der Waals surface area contributed by atoms with Crippen molar-refractivity contribution in [1.82, 2.24) is 15.5 Å². The Labute approximate surface area is 151 Å². The molecule has 0 saturated carbocycles. The minimum atomic E-state index is -0.409. The topological polar surface area (TPSA) is 61.4 Å². The Kier molecular flexibility index (Phi) is 5.64. The fraction of sp³-hybridized carbons (Fsp3) is 0.529. The zero-order valence-corrected chi connectivity index (χ0v) is 14.9. The lowest BCUT2D eigenvalue weighted by Crippen LogP contribution is -2.48. The van der Waals surface area contributed by atoms with Gasteiger partial charge in [-0.3, -0.25) is 9.59 Å². The van der Waals surface area contributed by atoms with E-state index in [-0.39, 0.29) is 11.8 Å². The highest BCUT2D eigenvalue weighted by Gasteiger charge is 2.34. The van der Waals surface area contributed by atoms with Crippen molar-refractivity contribution in [3.8, 4) is 0 Å². The molecule has 7 heteroatoms. The summed E-state index contributed by atoms with van der Waals surface area (Å²) in [6.07, 6.45) is 3.74.